The molecule has 2 atom stereocenters. The van der Waals surface area contributed by atoms with E-state index in [9.17, 15) is 14.4 Å². The van der Waals surface area contributed by atoms with Gasteiger partial charge in [0.25, 0.3) is 0 Å². The molecule has 7 heteroatoms. The third kappa shape index (κ3) is 5.69. The van der Waals surface area contributed by atoms with Crippen molar-refractivity contribution in [1.82, 2.24) is 10.6 Å². The van der Waals surface area contributed by atoms with Crippen LogP contribution in [-0.2, 0) is 14.4 Å². The van der Waals surface area contributed by atoms with Gasteiger partial charge in [-0.15, -0.1) is 0 Å². The number of carbonyl (C=O) groups excluding carboxylic acids is 2. The van der Waals surface area contributed by atoms with Gasteiger partial charge in [0.15, 0.2) is 0 Å². The lowest BCUT2D eigenvalue weighted by Gasteiger charge is -2.19. The number of nitrogens with one attached hydrogen (secondary N) is 2. The Hall–Kier alpha value is -1.63. The van der Waals surface area contributed by atoms with Crippen LogP contribution < -0.4 is 16.4 Å². The quantitative estimate of drug-likeness (QED) is 0.511. The highest BCUT2D eigenvalue weighted by Gasteiger charge is 2.25. The molecule has 0 aliphatic carbocycles. The monoisotopic (exact) mass is 271 g/mol. The first-order valence-electron chi connectivity index (χ1n) is 6.55. The summed E-state index contributed by atoms with van der Waals surface area (Å²) in [6, 6.07) is -1.41. The van der Waals surface area contributed by atoms with E-state index in [2.05, 4.69) is 10.6 Å². The molecule has 2 amide bonds. The Morgan fingerprint density at radius 2 is 2.05 bits per heavy atom. The van der Waals surface area contributed by atoms with Crippen molar-refractivity contribution in [1.29, 1.82) is 0 Å². The second kappa shape index (κ2) is 7.73. The number of rotatable bonds is 6. The molecular weight excluding hydrogens is 250 g/mol. The van der Waals surface area contributed by atoms with Gasteiger partial charge in [0.1, 0.15) is 6.04 Å². The lowest BCUT2D eigenvalue weighted by atomic mass is 10.1. The Labute approximate surface area is 111 Å². The SMILES string of the molecule is NC(=O)CCC(NC(=O)C1CCCCCN1)C(=O)O. The first-order valence-corrected chi connectivity index (χ1v) is 6.55. The zero-order valence-corrected chi connectivity index (χ0v) is 10.9. The number of carboxylic acid groups (broad SMARTS) is 1. The van der Waals surface area contributed by atoms with Crippen LogP contribution in [0.1, 0.15) is 38.5 Å². The van der Waals surface area contributed by atoms with Crippen LogP contribution in [0.2, 0.25) is 0 Å². The molecule has 0 saturated carbocycles. The smallest absolute Gasteiger partial charge is 0.326 e. The number of amides is 2. The highest BCUT2D eigenvalue weighted by molar-refractivity contribution is 5.87. The molecule has 0 spiro atoms. The van der Waals surface area contributed by atoms with E-state index in [0.29, 0.717) is 6.42 Å². The van der Waals surface area contributed by atoms with E-state index in [1.165, 1.54) is 0 Å². The van der Waals surface area contributed by atoms with Crippen LogP contribution in [0, 0.1) is 0 Å². The van der Waals surface area contributed by atoms with Crippen LogP contribution in [0.25, 0.3) is 0 Å². The average Bonchev–Trinajstić information content (AvgIpc) is 2.62. The van der Waals surface area contributed by atoms with Gasteiger partial charge in [0, 0.05) is 6.42 Å². The van der Waals surface area contributed by atoms with Gasteiger partial charge < -0.3 is 21.5 Å². The van der Waals surface area contributed by atoms with Crippen molar-refractivity contribution in [3.8, 4) is 0 Å². The maximum absolute atomic E-state index is 12.0. The fraction of sp³-hybridized carbons (Fsp3) is 0.750. The van der Waals surface area contributed by atoms with Gasteiger partial charge in [0.2, 0.25) is 11.8 Å². The summed E-state index contributed by atoms with van der Waals surface area (Å²) >= 11 is 0. The van der Waals surface area contributed by atoms with Gasteiger partial charge >= 0.3 is 5.97 Å². The van der Waals surface area contributed by atoms with E-state index in [4.69, 9.17) is 10.8 Å². The van der Waals surface area contributed by atoms with Gasteiger partial charge in [0.05, 0.1) is 6.04 Å². The zero-order valence-electron chi connectivity index (χ0n) is 10.9. The van der Waals surface area contributed by atoms with Crippen LogP contribution >= 0.6 is 0 Å². The Morgan fingerprint density at radius 1 is 1.32 bits per heavy atom. The van der Waals surface area contributed by atoms with Crippen molar-refractivity contribution in [2.45, 2.75) is 50.6 Å². The molecule has 0 bridgehead atoms. The van der Waals surface area contributed by atoms with Crippen LogP contribution in [0.3, 0.4) is 0 Å². The standard InChI is InChI=1S/C12H21N3O4/c13-10(16)6-5-9(12(18)19)15-11(17)8-4-2-1-3-7-14-8/h8-9,14H,1-7H2,(H2,13,16)(H,15,17)(H,18,19). The largest absolute Gasteiger partial charge is 0.480 e. The van der Waals surface area contributed by atoms with Crippen LogP contribution in [0.5, 0.6) is 0 Å². The summed E-state index contributed by atoms with van der Waals surface area (Å²) in [7, 11) is 0. The summed E-state index contributed by atoms with van der Waals surface area (Å²) in [5, 5.41) is 14.6. The number of aliphatic carboxylic acids is 1. The van der Waals surface area contributed by atoms with Gasteiger partial charge in [-0.3, -0.25) is 9.59 Å². The molecule has 0 aromatic carbocycles. The lowest BCUT2D eigenvalue weighted by molar-refractivity contribution is -0.142. The summed E-state index contributed by atoms with van der Waals surface area (Å²) in [5.41, 5.74) is 4.98. The predicted molar refractivity (Wildman–Crippen MR) is 68.3 cm³/mol. The summed E-state index contributed by atoms with van der Waals surface area (Å²) in [5.74, 6) is -2.05. The molecule has 0 aromatic rings. The minimum absolute atomic E-state index is 0.0170. The molecule has 108 valence electrons. The van der Waals surface area contributed by atoms with Gasteiger partial charge in [-0.05, 0) is 25.8 Å². The van der Waals surface area contributed by atoms with Crippen molar-refractivity contribution in [3.05, 3.63) is 0 Å². The summed E-state index contributed by atoms with van der Waals surface area (Å²) in [6.45, 7) is 0.761. The fourth-order valence-electron chi connectivity index (χ4n) is 2.07. The first kappa shape index (κ1) is 15.4. The predicted octanol–water partition coefficient (Wildman–Crippen LogP) is -0.646. The molecule has 1 aliphatic rings. The normalized spacial score (nSPS) is 21.2. The third-order valence-electron chi connectivity index (χ3n) is 3.17. The Kier molecular flexibility index (Phi) is 6.27. The maximum Gasteiger partial charge on any atom is 0.326 e. The highest BCUT2D eigenvalue weighted by atomic mass is 16.4. The Morgan fingerprint density at radius 3 is 2.68 bits per heavy atom. The molecule has 1 fully saturated rings. The van der Waals surface area contributed by atoms with E-state index in [1.807, 2.05) is 0 Å². The molecule has 1 saturated heterocycles. The molecular formula is C12H21N3O4. The first-order chi connectivity index (χ1) is 9.00. The third-order valence-corrected chi connectivity index (χ3v) is 3.17. The topological polar surface area (TPSA) is 122 Å². The number of carbonyl (C=O) groups is 3. The van der Waals surface area contributed by atoms with Gasteiger partial charge in [-0.2, -0.15) is 0 Å². The lowest BCUT2D eigenvalue weighted by Crippen LogP contribution is -2.50. The van der Waals surface area contributed by atoms with Crippen molar-refractivity contribution in [3.63, 3.8) is 0 Å². The van der Waals surface area contributed by atoms with Crippen LogP contribution in [0.15, 0.2) is 0 Å². The van der Waals surface area contributed by atoms with E-state index in [0.717, 1.165) is 25.8 Å². The molecule has 1 aliphatic heterocycles. The molecule has 7 nitrogen and oxygen atoms in total. The molecule has 1 rings (SSSR count). The number of nitrogens with two attached hydrogens (primary N) is 1. The fourth-order valence-corrected chi connectivity index (χ4v) is 2.07. The summed E-state index contributed by atoms with van der Waals surface area (Å²) in [6.07, 6.45) is 3.70. The van der Waals surface area contributed by atoms with Gasteiger partial charge in [-0.25, -0.2) is 4.79 Å². The number of hydrogen-bond acceptors (Lipinski definition) is 4. The Balaban J connectivity index is 2.49. The molecule has 0 aromatic heterocycles. The van der Waals surface area contributed by atoms with E-state index in [1.54, 1.807) is 0 Å². The highest BCUT2D eigenvalue weighted by Crippen LogP contribution is 2.09. The van der Waals surface area contributed by atoms with E-state index in [-0.39, 0.29) is 24.8 Å². The minimum Gasteiger partial charge on any atom is -0.480 e. The Bertz CT molecular complexity index is 338. The summed E-state index contributed by atoms with van der Waals surface area (Å²) < 4.78 is 0. The van der Waals surface area contributed by atoms with Crippen molar-refractivity contribution in [2.24, 2.45) is 5.73 Å². The number of carboxylic acids is 1. The minimum atomic E-state index is -1.15. The maximum atomic E-state index is 12.0. The number of primary amides is 1. The molecule has 19 heavy (non-hydrogen) atoms. The van der Waals surface area contributed by atoms with E-state index >= 15 is 0 Å². The van der Waals surface area contributed by atoms with Crippen LogP contribution in [-0.4, -0.2) is 41.5 Å². The van der Waals surface area contributed by atoms with Crippen molar-refractivity contribution in [2.75, 3.05) is 6.54 Å². The van der Waals surface area contributed by atoms with Crippen LogP contribution in [0.4, 0.5) is 0 Å². The average molecular weight is 271 g/mol. The molecule has 1 heterocycles. The number of hydrogen-bond donors (Lipinski definition) is 4. The van der Waals surface area contributed by atoms with E-state index < -0.39 is 17.9 Å². The molecule has 0 radical (unpaired) electrons. The second-order valence-corrected chi connectivity index (χ2v) is 4.76. The summed E-state index contributed by atoms with van der Waals surface area (Å²) in [4.78, 5) is 33.6. The molecule has 5 N–H and O–H groups in total. The van der Waals surface area contributed by atoms with Crippen molar-refractivity contribution < 1.29 is 19.5 Å². The second-order valence-electron chi connectivity index (χ2n) is 4.76. The molecule has 2 unspecified atom stereocenters. The van der Waals surface area contributed by atoms with Crippen molar-refractivity contribution >= 4 is 17.8 Å². The van der Waals surface area contributed by atoms with Gasteiger partial charge in [-0.1, -0.05) is 12.8 Å². The zero-order chi connectivity index (χ0) is 14.3.